The molecule has 0 radical (unpaired) electrons. The highest BCUT2D eigenvalue weighted by atomic mass is 16.6. The third-order valence-corrected chi connectivity index (χ3v) is 3.69. The fourth-order valence-corrected chi connectivity index (χ4v) is 2.42. The number of non-ortho nitro benzene ring substituents is 1. The molecular formula is C18H20N4O4. The Hall–Kier alpha value is -3.42. The third-order valence-electron chi connectivity index (χ3n) is 3.69. The molecule has 0 saturated carbocycles. The van der Waals surface area contributed by atoms with E-state index in [4.69, 9.17) is 0 Å². The summed E-state index contributed by atoms with van der Waals surface area (Å²) in [7, 11) is 1.47. The Kier molecular flexibility index (Phi) is 6.26. The van der Waals surface area contributed by atoms with E-state index in [0.29, 0.717) is 18.7 Å². The highest BCUT2D eigenvalue weighted by Crippen LogP contribution is 2.22. The lowest BCUT2D eigenvalue weighted by atomic mass is 10.1. The molecule has 8 nitrogen and oxygen atoms in total. The van der Waals surface area contributed by atoms with Crippen molar-refractivity contribution < 1.29 is 14.5 Å². The molecule has 0 atom stereocenters. The van der Waals surface area contributed by atoms with Crippen molar-refractivity contribution in [2.45, 2.75) is 13.3 Å². The average Bonchev–Trinajstić information content (AvgIpc) is 2.62. The molecule has 0 aliphatic rings. The van der Waals surface area contributed by atoms with E-state index in [0.717, 1.165) is 11.3 Å². The maximum absolute atomic E-state index is 12.0. The first-order valence-corrected chi connectivity index (χ1v) is 8.01. The maximum atomic E-state index is 12.0. The lowest BCUT2D eigenvalue weighted by Crippen LogP contribution is -2.20. The topological polar surface area (TPSA) is 113 Å². The standard InChI is InChI=1S/C18H20N4O4/c1-12(23)21-14-5-3-13(4-6-14)9-10-20-17-8-7-15(22(25)26)11-16(17)18(24)19-2/h3-8,11,20H,9-10H2,1-2H3,(H,19,24)(H,21,23). The minimum absolute atomic E-state index is 0.126. The van der Waals surface area contributed by atoms with Gasteiger partial charge in [-0.05, 0) is 30.2 Å². The fraction of sp³-hybridized carbons (Fsp3) is 0.222. The second-order valence-corrected chi connectivity index (χ2v) is 5.62. The van der Waals surface area contributed by atoms with Crippen LogP contribution in [0.3, 0.4) is 0 Å². The van der Waals surface area contributed by atoms with E-state index in [1.54, 1.807) is 0 Å². The molecular weight excluding hydrogens is 336 g/mol. The molecule has 2 aromatic carbocycles. The van der Waals surface area contributed by atoms with E-state index in [9.17, 15) is 19.7 Å². The van der Waals surface area contributed by atoms with E-state index >= 15 is 0 Å². The minimum Gasteiger partial charge on any atom is -0.384 e. The lowest BCUT2D eigenvalue weighted by molar-refractivity contribution is -0.384. The van der Waals surface area contributed by atoms with Crippen LogP contribution in [0, 0.1) is 10.1 Å². The minimum atomic E-state index is -0.535. The quantitative estimate of drug-likeness (QED) is 0.521. The first-order valence-electron chi connectivity index (χ1n) is 8.01. The second kappa shape index (κ2) is 8.61. The van der Waals surface area contributed by atoms with Crippen LogP contribution in [-0.4, -0.2) is 30.3 Å². The molecule has 0 saturated heterocycles. The summed E-state index contributed by atoms with van der Waals surface area (Å²) in [6.07, 6.45) is 0.685. The number of nitro groups is 1. The van der Waals surface area contributed by atoms with E-state index in [2.05, 4.69) is 16.0 Å². The zero-order valence-electron chi connectivity index (χ0n) is 14.5. The number of amides is 2. The monoisotopic (exact) mass is 356 g/mol. The predicted octanol–water partition coefficient (Wildman–Crippen LogP) is 2.57. The van der Waals surface area contributed by atoms with Crippen molar-refractivity contribution in [2.75, 3.05) is 24.2 Å². The Morgan fingerprint density at radius 1 is 1.12 bits per heavy atom. The fourth-order valence-electron chi connectivity index (χ4n) is 2.42. The highest BCUT2D eigenvalue weighted by molar-refractivity contribution is 6.00. The Bertz CT molecular complexity index is 818. The summed E-state index contributed by atoms with van der Waals surface area (Å²) in [4.78, 5) is 33.3. The van der Waals surface area contributed by atoms with Gasteiger partial charge in [-0.2, -0.15) is 0 Å². The van der Waals surface area contributed by atoms with Gasteiger partial charge in [0.15, 0.2) is 0 Å². The van der Waals surface area contributed by atoms with Crippen LogP contribution in [0.1, 0.15) is 22.8 Å². The number of carbonyl (C=O) groups excluding carboxylic acids is 2. The Balaban J connectivity index is 2.03. The van der Waals surface area contributed by atoms with Crippen molar-refractivity contribution in [1.29, 1.82) is 0 Å². The van der Waals surface area contributed by atoms with Gasteiger partial charge in [0, 0.05) is 44.0 Å². The summed E-state index contributed by atoms with van der Waals surface area (Å²) < 4.78 is 0. The molecule has 26 heavy (non-hydrogen) atoms. The summed E-state index contributed by atoms with van der Waals surface area (Å²) in [5, 5.41) is 19.2. The van der Waals surface area contributed by atoms with Crippen molar-refractivity contribution in [1.82, 2.24) is 5.32 Å². The summed E-state index contributed by atoms with van der Waals surface area (Å²) >= 11 is 0. The van der Waals surface area contributed by atoms with Crippen LogP contribution in [0.4, 0.5) is 17.1 Å². The number of rotatable bonds is 7. The molecule has 0 heterocycles. The Labute approximate surface area is 150 Å². The van der Waals surface area contributed by atoms with Crippen LogP contribution in [0.5, 0.6) is 0 Å². The Morgan fingerprint density at radius 3 is 2.38 bits per heavy atom. The third kappa shape index (κ3) is 5.04. The van der Waals surface area contributed by atoms with Crippen LogP contribution in [0.25, 0.3) is 0 Å². The first-order chi connectivity index (χ1) is 12.4. The smallest absolute Gasteiger partial charge is 0.270 e. The molecule has 2 rings (SSSR count). The number of nitrogens with zero attached hydrogens (tertiary/aromatic N) is 1. The Morgan fingerprint density at radius 2 is 1.81 bits per heavy atom. The molecule has 0 aliphatic carbocycles. The van der Waals surface area contributed by atoms with Gasteiger partial charge in [-0.3, -0.25) is 19.7 Å². The van der Waals surface area contributed by atoms with Gasteiger partial charge in [-0.1, -0.05) is 12.1 Å². The van der Waals surface area contributed by atoms with Gasteiger partial charge in [-0.25, -0.2) is 0 Å². The lowest BCUT2D eigenvalue weighted by Gasteiger charge is -2.11. The van der Waals surface area contributed by atoms with Gasteiger partial charge in [0.25, 0.3) is 11.6 Å². The number of hydrogen-bond donors (Lipinski definition) is 3. The molecule has 0 fully saturated rings. The zero-order chi connectivity index (χ0) is 19.1. The van der Waals surface area contributed by atoms with E-state index < -0.39 is 10.8 Å². The molecule has 2 aromatic rings. The molecule has 2 amide bonds. The molecule has 0 aliphatic heterocycles. The van der Waals surface area contributed by atoms with Crippen molar-refractivity contribution in [3.63, 3.8) is 0 Å². The summed E-state index contributed by atoms with van der Waals surface area (Å²) in [5.41, 5.74) is 2.40. The molecule has 0 spiro atoms. The van der Waals surface area contributed by atoms with E-state index in [1.165, 1.54) is 32.2 Å². The number of anilines is 2. The molecule has 136 valence electrons. The van der Waals surface area contributed by atoms with E-state index in [1.807, 2.05) is 24.3 Å². The predicted molar refractivity (Wildman–Crippen MR) is 99.4 cm³/mol. The van der Waals surface area contributed by atoms with Crippen LogP contribution in [0.15, 0.2) is 42.5 Å². The number of carbonyl (C=O) groups is 2. The van der Waals surface area contributed by atoms with Gasteiger partial charge in [0.2, 0.25) is 5.91 Å². The molecule has 3 N–H and O–H groups in total. The van der Waals surface area contributed by atoms with Crippen molar-refractivity contribution in [3.05, 3.63) is 63.7 Å². The zero-order valence-corrected chi connectivity index (χ0v) is 14.5. The number of hydrogen-bond acceptors (Lipinski definition) is 5. The molecule has 0 aromatic heterocycles. The van der Waals surface area contributed by atoms with Crippen LogP contribution >= 0.6 is 0 Å². The largest absolute Gasteiger partial charge is 0.384 e. The normalized spacial score (nSPS) is 10.1. The van der Waals surface area contributed by atoms with Crippen molar-refractivity contribution in [2.24, 2.45) is 0 Å². The average molecular weight is 356 g/mol. The number of nitrogens with one attached hydrogen (secondary N) is 3. The van der Waals surface area contributed by atoms with Crippen LogP contribution in [0.2, 0.25) is 0 Å². The van der Waals surface area contributed by atoms with Gasteiger partial charge in [-0.15, -0.1) is 0 Å². The van der Waals surface area contributed by atoms with Crippen molar-refractivity contribution >= 4 is 28.9 Å². The number of benzene rings is 2. The van der Waals surface area contributed by atoms with Crippen molar-refractivity contribution in [3.8, 4) is 0 Å². The molecule has 0 unspecified atom stereocenters. The summed E-state index contributed by atoms with van der Waals surface area (Å²) in [5.74, 6) is -0.518. The molecule has 0 bridgehead atoms. The highest BCUT2D eigenvalue weighted by Gasteiger charge is 2.15. The SMILES string of the molecule is CNC(=O)c1cc([N+](=O)[O-])ccc1NCCc1ccc(NC(C)=O)cc1. The van der Waals surface area contributed by atoms with Crippen LogP contribution < -0.4 is 16.0 Å². The molecule has 8 heteroatoms. The summed E-state index contributed by atoms with van der Waals surface area (Å²) in [6.45, 7) is 1.99. The number of nitro benzene ring substituents is 1. The van der Waals surface area contributed by atoms with Crippen LogP contribution in [-0.2, 0) is 11.2 Å². The van der Waals surface area contributed by atoms with Gasteiger partial charge >= 0.3 is 0 Å². The maximum Gasteiger partial charge on any atom is 0.270 e. The second-order valence-electron chi connectivity index (χ2n) is 5.62. The van der Waals surface area contributed by atoms with Gasteiger partial charge < -0.3 is 16.0 Å². The van der Waals surface area contributed by atoms with E-state index in [-0.39, 0.29) is 17.2 Å². The summed E-state index contributed by atoms with van der Waals surface area (Å²) in [6, 6.07) is 11.6. The first kappa shape index (κ1) is 18.9. The van der Waals surface area contributed by atoms with Gasteiger partial charge in [0.1, 0.15) is 0 Å². The van der Waals surface area contributed by atoms with Gasteiger partial charge in [0.05, 0.1) is 10.5 Å².